The first-order valence-electron chi connectivity index (χ1n) is 7.68. The third-order valence-electron chi connectivity index (χ3n) is 4.26. The number of carbonyl (C=O) groups is 1. The van der Waals surface area contributed by atoms with Crippen molar-refractivity contribution in [1.82, 2.24) is 15.1 Å². The van der Waals surface area contributed by atoms with E-state index in [-0.39, 0.29) is 12.1 Å². The van der Waals surface area contributed by atoms with Crippen molar-refractivity contribution in [2.45, 2.75) is 25.5 Å². The van der Waals surface area contributed by atoms with E-state index in [4.69, 9.17) is 0 Å². The molecule has 2 N–H and O–H groups in total. The Morgan fingerprint density at radius 2 is 2.14 bits per heavy atom. The van der Waals surface area contributed by atoms with Crippen molar-refractivity contribution in [2.24, 2.45) is 5.92 Å². The number of urea groups is 1. The minimum atomic E-state index is -0.177. The van der Waals surface area contributed by atoms with Crippen LogP contribution in [0.15, 0.2) is 17.5 Å². The second-order valence-corrected chi connectivity index (χ2v) is 6.96. The zero-order valence-corrected chi connectivity index (χ0v) is 13.0. The van der Waals surface area contributed by atoms with E-state index in [1.807, 2.05) is 22.4 Å². The summed E-state index contributed by atoms with van der Waals surface area (Å²) < 4.78 is 0. The van der Waals surface area contributed by atoms with Crippen molar-refractivity contribution in [2.75, 3.05) is 32.7 Å². The van der Waals surface area contributed by atoms with Gasteiger partial charge in [-0.2, -0.15) is 0 Å². The Morgan fingerprint density at radius 1 is 1.38 bits per heavy atom. The molecule has 2 amide bonds. The molecule has 1 saturated carbocycles. The fraction of sp³-hybridized carbons (Fsp3) is 0.667. The van der Waals surface area contributed by atoms with Crippen LogP contribution in [-0.2, 0) is 6.54 Å². The predicted octanol–water partition coefficient (Wildman–Crippen LogP) is 1.35. The van der Waals surface area contributed by atoms with Crippen LogP contribution >= 0.6 is 11.3 Å². The largest absolute Gasteiger partial charge is 0.392 e. The van der Waals surface area contributed by atoms with Gasteiger partial charge in [0.2, 0.25) is 0 Å². The van der Waals surface area contributed by atoms with E-state index < -0.39 is 0 Å². The number of nitrogens with zero attached hydrogens (tertiary/aromatic N) is 2. The van der Waals surface area contributed by atoms with Crippen molar-refractivity contribution in [3.63, 3.8) is 0 Å². The lowest BCUT2D eigenvalue weighted by Gasteiger charge is -2.35. The average Bonchev–Trinajstić information content (AvgIpc) is 3.23. The summed E-state index contributed by atoms with van der Waals surface area (Å²) in [5.74, 6) is 0.525. The van der Waals surface area contributed by atoms with Crippen LogP contribution in [-0.4, -0.2) is 59.8 Å². The van der Waals surface area contributed by atoms with Gasteiger partial charge in [0.1, 0.15) is 0 Å². The summed E-state index contributed by atoms with van der Waals surface area (Å²) in [5, 5.41) is 15.0. The highest BCUT2D eigenvalue weighted by molar-refractivity contribution is 7.09. The summed E-state index contributed by atoms with van der Waals surface area (Å²) in [7, 11) is 0. The minimum absolute atomic E-state index is 0.0193. The molecule has 2 fully saturated rings. The molecule has 0 radical (unpaired) electrons. The summed E-state index contributed by atoms with van der Waals surface area (Å²) in [5.41, 5.74) is 0. The molecule has 116 valence electrons. The van der Waals surface area contributed by atoms with Gasteiger partial charge in [-0.3, -0.25) is 4.90 Å². The lowest BCUT2D eigenvalue weighted by Crippen LogP contribution is -2.53. The first-order valence-corrected chi connectivity index (χ1v) is 8.56. The molecule has 2 aliphatic rings. The third-order valence-corrected chi connectivity index (χ3v) is 5.14. The number of nitrogens with one attached hydrogen (secondary N) is 1. The van der Waals surface area contributed by atoms with Crippen LogP contribution in [0.5, 0.6) is 0 Å². The van der Waals surface area contributed by atoms with Crippen LogP contribution in [0, 0.1) is 5.92 Å². The molecule has 1 aromatic heterocycles. The van der Waals surface area contributed by atoms with E-state index >= 15 is 0 Å². The highest BCUT2D eigenvalue weighted by Gasteiger charge is 2.32. The van der Waals surface area contributed by atoms with Crippen molar-refractivity contribution in [3.8, 4) is 0 Å². The lowest BCUT2D eigenvalue weighted by molar-refractivity contribution is 0.0696. The van der Waals surface area contributed by atoms with Crippen LogP contribution in [0.25, 0.3) is 0 Å². The molecule has 0 bridgehead atoms. The predicted molar refractivity (Wildman–Crippen MR) is 83.3 cm³/mol. The number of hydrogen-bond acceptors (Lipinski definition) is 4. The second-order valence-electron chi connectivity index (χ2n) is 5.93. The zero-order valence-electron chi connectivity index (χ0n) is 12.2. The van der Waals surface area contributed by atoms with Gasteiger partial charge in [0.25, 0.3) is 0 Å². The van der Waals surface area contributed by atoms with Gasteiger partial charge < -0.3 is 15.3 Å². The SMILES string of the molecule is O=C(NCc1cccs1)N1CCN(C[C@@H](O)C2CC2)CC1. The summed E-state index contributed by atoms with van der Waals surface area (Å²) >= 11 is 1.66. The number of aliphatic hydroxyl groups excluding tert-OH is 1. The molecule has 1 aliphatic carbocycles. The maximum atomic E-state index is 12.1. The van der Waals surface area contributed by atoms with Crippen molar-refractivity contribution >= 4 is 17.4 Å². The normalized spacial score (nSPS) is 21.3. The first kappa shape index (κ1) is 14.8. The Kier molecular flexibility index (Phi) is 4.77. The number of β-amino-alcohol motifs (C(OH)–C–C–N with tert-alkyl or cyclic N) is 1. The van der Waals surface area contributed by atoms with Gasteiger partial charge in [-0.15, -0.1) is 11.3 Å². The average molecular weight is 309 g/mol. The number of thiophene rings is 1. The summed E-state index contributed by atoms with van der Waals surface area (Å²) in [6.07, 6.45) is 2.17. The molecule has 5 nitrogen and oxygen atoms in total. The zero-order chi connectivity index (χ0) is 14.7. The molecule has 2 heterocycles. The molecule has 1 aliphatic heterocycles. The number of piperazine rings is 1. The van der Waals surface area contributed by atoms with E-state index in [1.165, 1.54) is 17.7 Å². The maximum Gasteiger partial charge on any atom is 0.317 e. The van der Waals surface area contributed by atoms with Crippen molar-refractivity contribution in [3.05, 3.63) is 22.4 Å². The number of rotatable bonds is 5. The van der Waals surface area contributed by atoms with E-state index in [1.54, 1.807) is 11.3 Å². The molecule has 1 atom stereocenters. The summed E-state index contributed by atoms with van der Waals surface area (Å²) in [4.78, 5) is 17.4. The third kappa shape index (κ3) is 4.18. The molecule has 21 heavy (non-hydrogen) atoms. The van der Waals surface area contributed by atoms with Gasteiger partial charge in [0.05, 0.1) is 12.6 Å². The number of aliphatic hydroxyl groups is 1. The van der Waals surface area contributed by atoms with E-state index in [0.29, 0.717) is 12.5 Å². The van der Waals surface area contributed by atoms with E-state index in [0.717, 1.165) is 32.7 Å². The molecule has 1 aromatic rings. The maximum absolute atomic E-state index is 12.1. The Balaban J connectivity index is 1.37. The van der Waals surface area contributed by atoms with E-state index in [2.05, 4.69) is 10.2 Å². The standard InChI is InChI=1S/C15H23N3O2S/c19-14(12-3-4-12)11-17-5-7-18(8-6-17)15(20)16-10-13-2-1-9-21-13/h1-2,9,12,14,19H,3-8,10-11H2,(H,16,20)/t14-/m1/s1. The molecular formula is C15H23N3O2S. The number of amides is 2. The van der Waals surface area contributed by atoms with Gasteiger partial charge in [0, 0.05) is 37.6 Å². The van der Waals surface area contributed by atoms with Gasteiger partial charge in [-0.05, 0) is 30.2 Å². The molecule has 0 unspecified atom stereocenters. The molecule has 0 spiro atoms. The highest BCUT2D eigenvalue weighted by Crippen LogP contribution is 2.32. The van der Waals surface area contributed by atoms with Crippen molar-refractivity contribution < 1.29 is 9.90 Å². The molecule has 0 aromatic carbocycles. The molecule has 1 saturated heterocycles. The van der Waals surface area contributed by atoms with Gasteiger partial charge >= 0.3 is 6.03 Å². The minimum Gasteiger partial charge on any atom is -0.392 e. The van der Waals surface area contributed by atoms with Crippen molar-refractivity contribution in [1.29, 1.82) is 0 Å². The highest BCUT2D eigenvalue weighted by atomic mass is 32.1. The van der Waals surface area contributed by atoms with Crippen LogP contribution in [0.4, 0.5) is 4.79 Å². The number of carbonyl (C=O) groups excluding carboxylic acids is 1. The Morgan fingerprint density at radius 3 is 2.76 bits per heavy atom. The second kappa shape index (κ2) is 6.77. The summed E-state index contributed by atoms with van der Waals surface area (Å²) in [6, 6.07) is 4.05. The Hall–Kier alpha value is -1.11. The molecular weight excluding hydrogens is 286 g/mol. The summed E-state index contributed by atoms with van der Waals surface area (Å²) in [6.45, 7) is 4.57. The Labute approximate surface area is 129 Å². The van der Waals surface area contributed by atoms with Gasteiger partial charge in [-0.1, -0.05) is 6.07 Å². The quantitative estimate of drug-likeness (QED) is 0.863. The Bertz CT molecular complexity index is 453. The van der Waals surface area contributed by atoms with Crippen LogP contribution < -0.4 is 5.32 Å². The number of hydrogen-bond donors (Lipinski definition) is 2. The van der Waals surface area contributed by atoms with Gasteiger partial charge in [-0.25, -0.2) is 4.79 Å². The monoisotopic (exact) mass is 309 g/mol. The van der Waals surface area contributed by atoms with Crippen LogP contribution in [0.1, 0.15) is 17.7 Å². The van der Waals surface area contributed by atoms with Crippen LogP contribution in [0.2, 0.25) is 0 Å². The van der Waals surface area contributed by atoms with Crippen LogP contribution in [0.3, 0.4) is 0 Å². The lowest BCUT2D eigenvalue weighted by atomic mass is 10.2. The molecule has 6 heteroatoms. The van der Waals surface area contributed by atoms with E-state index in [9.17, 15) is 9.90 Å². The first-order chi connectivity index (χ1) is 10.2. The fourth-order valence-electron chi connectivity index (χ4n) is 2.72. The van der Waals surface area contributed by atoms with Gasteiger partial charge in [0.15, 0.2) is 0 Å². The topological polar surface area (TPSA) is 55.8 Å². The fourth-order valence-corrected chi connectivity index (χ4v) is 3.36. The molecule has 3 rings (SSSR count). The smallest absolute Gasteiger partial charge is 0.317 e.